The van der Waals surface area contributed by atoms with Crippen LogP contribution in [0.2, 0.25) is 0 Å². The zero-order valence-electron chi connectivity index (χ0n) is 19.3. The van der Waals surface area contributed by atoms with Gasteiger partial charge in [-0.05, 0) is 73.7 Å². The van der Waals surface area contributed by atoms with Crippen molar-refractivity contribution in [2.45, 2.75) is 47.0 Å². The number of nitrogens with zero attached hydrogens (tertiary/aromatic N) is 2. The van der Waals surface area contributed by atoms with Crippen molar-refractivity contribution in [3.63, 3.8) is 0 Å². The first-order valence-electron chi connectivity index (χ1n) is 10.8. The Balaban J connectivity index is 1.76. The number of amides is 1. The molecule has 5 heteroatoms. The summed E-state index contributed by atoms with van der Waals surface area (Å²) in [6.45, 7) is 7.58. The highest BCUT2D eigenvalue weighted by molar-refractivity contribution is 5.97. The van der Waals surface area contributed by atoms with E-state index in [4.69, 9.17) is 0 Å². The van der Waals surface area contributed by atoms with Gasteiger partial charge >= 0.3 is 0 Å². The Morgan fingerprint density at radius 2 is 1.75 bits per heavy atom. The van der Waals surface area contributed by atoms with Crippen molar-refractivity contribution >= 4 is 17.4 Å². The van der Waals surface area contributed by atoms with Crippen molar-refractivity contribution in [2.75, 3.05) is 11.9 Å². The molecular formula is C27H29FN2O2. The quantitative estimate of drug-likeness (QED) is 0.430. The number of ketones is 1. The van der Waals surface area contributed by atoms with Crippen LogP contribution in [0.5, 0.6) is 0 Å². The van der Waals surface area contributed by atoms with Crippen LogP contribution in [0.4, 0.5) is 10.1 Å². The second-order valence-corrected chi connectivity index (χ2v) is 8.12. The minimum Gasteiger partial charge on any atom is -0.313 e. The summed E-state index contributed by atoms with van der Waals surface area (Å²) in [6.07, 6.45) is 1.37. The first-order valence-corrected chi connectivity index (χ1v) is 10.8. The number of rotatable bonds is 7. The van der Waals surface area contributed by atoms with Gasteiger partial charge in [0.2, 0.25) is 5.91 Å². The fourth-order valence-corrected chi connectivity index (χ4v) is 3.85. The molecule has 0 N–H and O–H groups in total. The third kappa shape index (κ3) is 5.10. The molecule has 1 aromatic heterocycles. The van der Waals surface area contributed by atoms with E-state index in [9.17, 15) is 14.0 Å². The molecule has 4 nitrogen and oxygen atoms in total. The molecule has 0 aliphatic rings. The molecule has 32 heavy (non-hydrogen) atoms. The van der Waals surface area contributed by atoms with Crippen molar-refractivity contribution in [1.29, 1.82) is 0 Å². The van der Waals surface area contributed by atoms with Crippen LogP contribution in [-0.4, -0.2) is 23.7 Å². The van der Waals surface area contributed by atoms with Gasteiger partial charge in [0.1, 0.15) is 5.82 Å². The molecule has 0 aliphatic carbocycles. The minimum atomic E-state index is -0.451. The largest absolute Gasteiger partial charge is 0.313 e. The number of benzene rings is 2. The summed E-state index contributed by atoms with van der Waals surface area (Å²) >= 11 is 0. The molecule has 0 bridgehead atoms. The van der Waals surface area contributed by atoms with Gasteiger partial charge in [-0.2, -0.15) is 0 Å². The van der Waals surface area contributed by atoms with Gasteiger partial charge in [0.05, 0.1) is 5.69 Å². The predicted octanol–water partition coefficient (Wildman–Crippen LogP) is 6.00. The Morgan fingerprint density at radius 3 is 2.38 bits per heavy atom. The summed E-state index contributed by atoms with van der Waals surface area (Å²) in [6, 6.07) is 14.4. The van der Waals surface area contributed by atoms with Crippen LogP contribution in [0.25, 0.3) is 11.1 Å². The normalized spacial score (nSPS) is 10.8. The molecule has 0 fully saturated rings. The zero-order valence-corrected chi connectivity index (χ0v) is 19.3. The van der Waals surface area contributed by atoms with Gasteiger partial charge in [-0.15, -0.1) is 0 Å². The molecule has 1 heterocycles. The third-order valence-corrected chi connectivity index (χ3v) is 5.80. The van der Waals surface area contributed by atoms with Crippen LogP contribution in [0.1, 0.15) is 52.6 Å². The lowest BCUT2D eigenvalue weighted by Crippen LogP contribution is -2.25. The van der Waals surface area contributed by atoms with Crippen LogP contribution < -0.4 is 4.90 Å². The Labute approximate surface area is 189 Å². The van der Waals surface area contributed by atoms with Gasteiger partial charge in [-0.3, -0.25) is 14.6 Å². The summed E-state index contributed by atoms with van der Waals surface area (Å²) in [7, 11) is 1.57. The summed E-state index contributed by atoms with van der Waals surface area (Å²) in [5, 5.41) is 0. The number of anilines is 1. The third-order valence-electron chi connectivity index (χ3n) is 5.80. The van der Waals surface area contributed by atoms with E-state index in [2.05, 4.69) is 4.98 Å². The lowest BCUT2D eigenvalue weighted by atomic mass is 9.95. The number of carbonyl (C=O) groups excluding carboxylic acids is 2. The summed E-state index contributed by atoms with van der Waals surface area (Å²) in [5.74, 6) is -0.526. The SMILES string of the molecule is CCC(=O)N(C)c1ccc(-c2ccc(C(=O)CCc3ccc(C)nc3C)cc2C)cc1F. The van der Waals surface area contributed by atoms with E-state index in [-0.39, 0.29) is 17.4 Å². The van der Waals surface area contributed by atoms with Crippen LogP contribution in [0.15, 0.2) is 48.5 Å². The first-order chi connectivity index (χ1) is 15.2. The van der Waals surface area contributed by atoms with E-state index in [1.807, 2.05) is 45.0 Å². The fourth-order valence-electron chi connectivity index (χ4n) is 3.85. The van der Waals surface area contributed by atoms with Crippen molar-refractivity contribution in [3.8, 4) is 11.1 Å². The van der Waals surface area contributed by atoms with Crippen LogP contribution in [0.3, 0.4) is 0 Å². The van der Waals surface area contributed by atoms with Gasteiger partial charge in [0.15, 0.2) is 5.78 Å². The smallest absolute Gasteiger partial charge is 0.226 e. The van der Waals surface area contributed by atoms with E-state index in [1.165, 1.54) is 11.0 Å². The highest BCUT2D eigenvalue weighted by Crippen LogP contribution is 2.29. The molecule has 0 saturated carbocycles. The Kier molecular flexibility index (Phi) is 7.18. The molecule has 3 rings (SSSR count). The molecule has 166 valence electrons. The Bertz CT molecular complexity index is 1170. The minimum absolute atomic E-state index is 0.0702. The van der Waals surface area contributed by atoms with Gasteiger partial charge < -0.3 is 4.90 Å². The standard InChI is InChI=1S/C27H29FN2O2/c1-6-27(32)30(5)25-13-10-21(16-24(25)28)23-12-9-22(15-17(23)2)26(31)14-11-20-8-7-18(3)29-19(20)4/h7-10,12-13,15-16H,6,11,14H2,1-5H3. The molecule has 1 amide bonds. The number of aryl methyl sites for hydroxylation is 4. The number of pyridine rings is 1. The average molecular weight is 433 g/mol. The average Bonchev–Trinajstić information content (AvgIpc) is 2.77. The Morgan fingerprint density at radius 1 is 1.00 bits per heavy atom. The highest BCUT2D eigenvalue weighted by Gasteiger charge is 2.15. The molecule has 0 saturated heterocycles. The van der Waals surface area contributed by atoms with E-state index < -0.39 is 5.82 Å². The first kappa shape index (κ1) is 23.3. The molecule has 3 aromatic rings. The summed E-state index contributed by atoms with van der Waals surface area (Å²) in [4.78, 5) is 30.4. The molecule has 0 radical (unpaired) electrons. The van der Waals surface area contributed by atoms with Gasteiger partial charge in [0, 0.05) is 36.8 Å². The maximum atomic E-state index is 14.7. The molecule has 2 aromatic carbocycles. The van der Waals surface area contributed by atoms with Crippen molar-refractivity contribution in [1.82, 2.24) is 4.98 Å². The lowest BCUT2D eigenvalue weighted by Gasteiger charge is -2.18. The molecule has 0 atom stereocenters. The van der Waals surface area contributed by atoms with Crippen LogP contribution in [0, 0.1) is 26.6 Å². The summed E-state index contributed by atoms with van der Waals surface area (Å²) < 4.78 is 14.7. The number of hydrogen-bond donors (Lipinski definition) is 0. The number of halogens is 1. The molecule has 0 spiro atoms. The fraction of sp³-hybridized carbons (Fsp3) is 0.296. The van der Waals surface area contributed by atoms with Gasteiger partial charge in [0.25, 0.3) is 0 Å². The van der Waals surface area contributed by atoms with Gasteiger partial charge in [-0.25, -0.2) is 4.39 Å². The van der Waals surface area contributed by atoms with Crippen LogP contribution in [-0.2, 0) is 11.2 Å². The highest BCUT2D eigenvalue weighted by atomic mass is 19.1. The number of Topliss-reactive ketones (excluding diaryl/α,β-unsaturated/α-hetero) is 1. The van der Waals surface area contributed by atoms with Crippen molar-refractivity contribution in [2.24, 2.45) is 0 Å². The maximum Gasteiger partial charge on any atom is 0.226 e. The predicted molar refractivity (Wildman–Crippen MR) is 127 cm³/mol. The zero-order chi connectivity index (χ0) is 23.4. The molecule has 0 aliphatic heterocycles. The van der Waals surface area contributed by atoms with Gasteiger partial charge in [-0.1, -0.05) is 31.2 Å². The number of aromatic nitrogens is 1. The van der Waals surface area contributed by atoms with E-state index in [0.717, 1.165) is 28.1 Å². The lowest BCUT2D eigenvalue weighted by molar-refractivity contribution is -0.118. The van der Waals surface area contributed by atoms with E-state index >= 15 is 0 Å². The Hall–Kier alpha value is -3.34. The molecule has 0 unspecified atom stereocenters. The number of hydrogen-bond acceptors (Lipinski definition) is 3. The van der Waals surface area contributed by atoms with E-state index in [1.54, 1.807) is 32.2 Å². The van der Waals surface area contributed by atoms with Crippen molar-refractivity contribution < 1.29 is 14.0 Å². The second-order valence-electron chi connectivity index (χ2n) is 8.12. The summed E-state index contributed by atoms with van der Waals surface area (Å²) in [5.41, 5.74) is 6.38. The van der Waals surface area contributed by atoms with Crippen molar-refractivity contribution in [3.05, 3.63) is 82.4 Å². The topological polar surface area (TPSA) is 50.3 Å². The second kappa shape index (κ2) is 9.86. The molecular weight excluding hydrogens is 403 g/mol. The van der Waals surface area contributed by atoms with E-state index in [0.29, 0.717) is 30.4 Å². The maximum absolute atomic E-state index is 14.7. The monoisotopic (exact) mass is 432 g/mol. The van der Waals surface area contributed by atoms with Crippen LogP contribution >= 0.6 is 0 Å². The number of carbonyl (C=O) groups is 2.